The van der Waals surface area contributed by atoms with Crippen LogP contribution in [0.15, 0.2) is 59.3 Å². The number of aromatic nitrogens is 1. The normalized spacial score (nSPS) is 12.4. The molecule has 1 N–H and O–H groups in total. The number of nitrogens with one attached hydrogen (secondary N) is 1. The first kappa shape index (κ1) is 14.0. The second-order valence-corrected chi connectivity index (χ2v) is 6.01. The molecule has 2 aromatic heterocycles. The monoisotopic (exact) mass is 298 g/mol. The van der Waals surface area contributed by atoms with Gasteiger partial charge in [0, 0.05) is 17.6 Å². The Kier molecular flexibility index (Phi) is 4.48. The zero-order chi connectivity index (χ0) is 14.5. The summed E-state index contributed by atoms with van der Waals surface area (Å²) in [4.78, 5) is 5.78. The minimum atomic E-state index is 0.0511. The van der Waals surface area contributed by atoms with Crippen LogP contribution in [0.4, 0.5) is 0 Å². The lowest BCUT2D eigenvalue weighted by atomic mass is 10.0. The highest BCUT2D eigenvalue weighted by atomic mass is 32.1. The summed E-state index contributed by atoms with van der Waals surface area (Å²) in [5, 5.41) is 4.66. The lowest BCUT2D eigenvalue weighted by Gasteiger charge is -2.16. The van der Waals surface area contributed by atoms with Crippen LogP contribution in [0.25, 0.3) is 0 Å². The van der Waals surface area contributed by atoms with E-state index in [1.54, 1.807) is 17.6 Å². The summed E-state index contributed by atoms with van der Waals surface area (Å²) in [6, 6.07) is 14.3. The van der Waals surface area contributed by atoms with E-state index >= 15 is 0 Å². The topological polar surface area (TPSA) is 38.1 Å². The predicted molar refractivity (Wildman–Crippen MR) is 85.3 cm³/mol. The molecule has 0 radical (unpaired) electrons. The molecule has 108 valence electrons. The van der Waals surface area contributed by atoms with Gasteiger partial charge in [0.05, 0.1) is 12.3 Å². The molecule has 0 saturated carbocycles. The van der Waals surface area contributed by atoms with Gasteiger partial charge in [0.25, 0.3) is 0 Å². The Morgan fingerprint density at radius 1 is 1.19 bits per heavy atom. The zero-order valence-corrected chi connectivity index (χ0v) is 12.8. The maximum atomic E-state index is 5.59. The lowest BCUT2D eigenvalue weighted by molar-refractivity contribution is 0.445. The van der Waals surface area contributed by atoms with E-state index in [0.29, 0.717) is 0 Å². The van der Waals surface area contributed by atoms with Crippen molar-refractivity contribution in [2.24, 2.45) is 0 Å². The van der Waals surface area contributed by atoms with Gasteiger partial charge in [-0.25, -0.2) is 4.98 Å². The van der Waals surface area contributed by atoms with Crippen molar-refractivity contribution in [2.45, 2.75) is 25.9 Å². The number of hydrogen-bond acceptors (Lipinski definition) is 4. The van der Waals surface area contributed by atoms with E-state index in [1.807, 2.05) is 36.5 Å². The van der Waals surface area contributed by atoms with Crippen LogP contribution in [-0.4, -0.2) is 4.98 Å². The first-order valence-corrected chi connectivity index (χ1v) is 7.93. The minimum Gasteiger partial charge on any atom is -0.467 e. The molecule has 0 fully saturated rings. The van der Waals surface area contributed by atoms with Gasteiger partial charge in [0.15, 0.2) is 0 Å². The molecule has 1 aromatic carbocycles. The number of thiazole rings is 1. The van der Waals surface area contributed by atoms with Crippen molar-refractivity contribution in [1.82, 2.24) is 10.3 Å². The summed E-state index contributed by atoms with van der Waals surface area (Å²) in [6.45, 7) is 2.89. The van der Waals surface area contributed by atoms with E-state index < -0.39 is 0 Å². The smallest absolute Gasteiger partial charge is 0.125 e. The van der Waals surface area contributed by atoms with Crippen molar-refractivity contribution in [3.63, 3.8) is 0 Å². The third-order valence-corrected chi connectivity index (χ3v) is 4.51. The molecule has 0 aliphatic rings. The Morgan fingerprint density at radius 2 is 2.05 bits per heavy atom. The molecule has 1 atom stereocenters. The second kappa shape index (κ2) is 6.70. The fourth-order valence-electron chi connectivity index (χ4n) is 2.27. The summed E-state index contributed by atoms with van der Waals surface area (Å²) in [6.07, 6.45) is 4.72. The molecular weight excluding hydrogens is 280 g/mol. The van der Waals surface area contributed by atoms with E-state index in [4.69, 9.17) is 4.42 Å². The van der Waals surface area contributed by atoms with Gasteiger partial charge in [-0.15, -0.1) is 11.3 Å². The van der Waals surface area contributed by atoms with Gasteiger partial charge < -0.3 is 4.42 Å². The molecule has 0 amide bonds. The van der Waals surface area contributed by atoms with Gasteiger partial charge >= 0.3 is 0 Å². The third kappa shape index (κ3) is 3.40. The van der Waals surface area contributed by atoms with Crippen molar-refractivity contribution >= 4 is 11.3 Å². The second-order valence-electron chi connectivity index (χ2n) is 4.81. The molecule has 0 aliphatic carbocycles. The highest BCUT2D eigenvalue weighted by Gasteiger charge is 2.16. The molecule has 0 aliphatic heterocycles. The zero-order valence-electron chi connectivity index (χ0n) is 12.0. The SMILES string of the molecule is CCc1cnc(CNC(c2ccccc2)c2ccco2)s1. The molecule has 3 nitrogen and oxygen atoms in total. The molecule has 3 aromatic rings. The maximum Gasteiger partial charge on any atom is 0.125 e. The fourth-order valence-corrected chi connectivity index (χ4v) is 3.08. The highest BCUT2D eigenvalue weighted by Crippen LogP contribution is 2.23. The molecule has 3 rings (SSSR count). The molecule has 0 bridgehead atoms. The summed E-state index contributed by atoms with van der Waals surface area (Å²) in [7, 11) is 0. The number of aryl methyl sites for hydroxylation is 1. The molecule has 0 spiro atoms. The minimum absolute atomic E-state index is 0.0511. The van der Waals surface area contributed by atoms with Crippen molar-refractivity contribution in [3.05, 3.63) is 76.1 Å². The molecule has 21 heavy (non-hydrogen) atoms. The molecule has 1 unspecified atom stereocenters. The lowest BCUT2D eigenvalue weighted by Crippen LogP contribution is -2.21. The van der Waals surface area contributed by atoms with Crippen LogP contribution in [-0.2, 0) is 13.0 Å². The van der Waals surface area contributed by atoms with Crippen LogP contribution >= 0.6 is 11.3 Å². The van der Waals surface area contributed by atoms with E-state index in [0.717, 1.165) is 23.7 Å². The average Bonchev–Trinajstić information content (AvgIpc) is 3.20. The van der Waals surface area contributed by atoms with Gasteiger partial charge in [-0.1, -0.05) is 37.3 Å². The Labute approximate surface area is 128 Å². The third-order valence-electron chi connectivity index (χ3n) is 3.37. The van der Waals surface area contributed by atoms with E-state index in [-0.39, 0.29) is 6.04 Å². The van der Waals surface area contributed by atoms with Crippen molar-refractivity contribution < 1.29 is 4.42 Å². The number of hydrogen-bond donors (Lipinski definition) is 1. The van der Waals surface area contributed by atoms with E-state index in [2.05, 4.69) is 29.4 Å². The summed E-state index contributed by atoms with van der Waals surface area (Å²) >= 11 is 1.76. The van der Waals surface area contributed by atoms with Gasteiger partial charge in [0.1, 0.15) is 10.8 Å². The van der Waals surface area contributed by atoms with Crippen LogP contribution < -0.4 is 5.32 Å². The first-order chi connectivity index (χ1) is 10.4. The Morgan fingerprint density at radius 3 is 2.71 bits per heavy atom. The number of benzene rings is 1. The van der Waals surface area contributed by atoms with Crippen LogP contribution in [0.5, 0.6) is 0 Å². The van der Waals surface area contributed by atoms with Gasteiger partial charge in [0.2, 0.25) is 0 Å². The largest absolute Gasteiger partial charge is 0.467 e. The van der Waals surface area contributed by atoms with E-state index in [1.165, 1.54) is 10.4 Å². The Hall–Kier alpha value is -1.91. The summed E-state index contributed by atoms with van der Waals surface area (Å²) in [5.41, 5.74) is 1.19. The number of nitrogens with zero attached hydrogens (tertiary/aromatic N) is 1. The first-order valence-electron chi connectivity index (χ1n) is 7.12. The summed E-state index contributed by atoms with van der Waals surface area (Å²) in [5.74, 6) is 0.925. The van der Waals surface area contributed by atoms with Crippen LogP contribution in [0.2, 0.25) is 0 Å². The number of furan rings is 1. The quantitative estimate of drug-likeness (QED) is 0.742. The van der Waals surface area contributed by atoms with E-state index in [9.17, 15) is 0 Å². The Bertz CT molecular complexity index is 661. The molecular formula is C17H18N2OS. The van der Waals surface area contributed by atoms with Gasteiger partial charge in [-0.3, -0.25) is 5.32 Å². The van der Waals surface area contributed by atoms with Gasteiger partial charge in [-0.2, -0.15) is 0 Å². The van der Waals surface area contributed by atoms with Crippen LogP contribution in [0.3, 0.4) is 0 Å². The van der Waals surface area contributed by atoms with Crippen molar-refractivity contribution in [2.75, 3.05) is 0 Å². The number of rotatable bonds is 6. The Balaban J connectivity index is 1.77. The average molecular weight is 298 g/mol. The molecule has 4 heteroatoms. The molecule has 2 heterocycles. The van der Waals surface area contributed by atoms with Crippen molar-refractivity contribution in [3.8, 4) is 0 Å². The van der Waals surface area contributed by atoms with Crippen LogP contribution in [0, 0.1) is 0 Å². The maximum absolute atomic E-state index is 5.59. The highest BCUT2D eigenvalue weighted by molar-refractivity contribution is 7.11. The van der Waals surface area contributed by atoms with Gasteiger partial charge in [-0.05, 0) is 24.1 Å². The molecule has 0 saturated heterocycles. The van der Waals surface area contributed by atoms with Crippen molar-refractivity contribution in [1.29, 1.82) is 0 Å². The fraction of sp³-hybridized carbons (Fsp3) is 0.235. The predicted octanol–water partition coefficient (Wildman–Crippen LogP) is 4.18. The standard InChI is InChI=1S/C17H18N2OS/c1-2-14-11-18-16(21-14)12-19-17(15-9-6-10-20-15)13-7-4-3-5-8-13/h3-11,17,19H,2,12H2,1H3. The summed E-state index contributed by atoms with van der Waals surface area (Å²) < 4.78 is 5.59. The van der Waals surface area contributed by atoms with Crippen LogP contribution in [0.1, 0.15) is 34.2 Å².